The normalized spacial score (nSPS) is 12.7. The zero-order valence-electron chi connectivity index (χ0n) is 12.1. The lowest BCUT2D eigenvalue weighted by Crippen LogP contribution is -2.25. The third kappa shape index (κ3) is 2.73. The number of rotatable bonds is 6. The molecule has 3 rings (SSSR count). The smallest absolute Gasteiger partial charge is 0.146 e. The van der Waals surface area contributed by atoms with Crippen LogP contribution in [0.3, 0.4) is 0 Å². The number of furan rings is 1. The third-order valence-corrected chi connectivity index (χ3v) is 3.45. The molecular formula is C14H18N6O. The van der Waals surface area contributed by atoms with Gasteiger partial charge in [-0.05, 0) is 19.1 Å². The number of aromatic nitrogens is 5. The largest absolute Gasteiger partial charge is 0.467 e. The van der Waals surface area contributed by atoms with E-state index in [9.17, 15) is 0 Å². The quantitative estimate of drug-likeness (QED) is 0.743. The molecule has 0 saturated heterocycles. The van der Waals surface area contributed by atoms with Gasteiger partial charge >= 0.3 is 0 Å². The molecule has 7 nitrogen and oxygen atoms in total. The van der Waals surface area contributed by atoms with Crippen molar-refractivity contribution in [2.24, 2.45) is 7.05 Å². The van der Waals surface area contributed by atoms with Crippen LogP contribution >= 0.6 is 0 Å². The second-order valence-electron chi connectivity index (χ2n) is 4.76. The molecule has 0 fully saturated rings. The fourth-order valence-electron chi connectivity index (χ4n) is 2.30. The van der Waals surface area contributed by atoms with Gasteiger partial charge in [0.2, 0.25) is 0 Å². The predicted molar refractivity (Wildman–Crippen MR) is 76.3 cm³/mol. The van der Waals surface area contributed by atoms with E-state index >= 15 is 0 Å². The Kier molecular flexibility index (Phi) is 3.83. The molecule has 1 atom stereocenters. The second-order valence-corrected chi connectivity index (χ2v) is 4.76. The number of hydrogen-bond acceptors (Lipinski definition) is 5. The molecule has 1 N–H and O–H groups in total. The summed E-state index contributed by atoms with van der Waals surface area (Å²) in [6.45, 7) is 3.50. The van der Waals surface area contributed by atoms with Gasteiger partial charge in [0.15, 0.2) is 0 Å². The fraction of sp³-hybridized carbons (Fsp3) is 0.357. The molecule has 0 radical (unpaired) electrons. The lowest BCUT2D eigenvalue weighted by Gasteiger charge is -2.16. The lowest BCUT2D eigenvalue weighted by molar-refractivity contribution is 0.423. The molecular weight excluding hydrogens is 268 g/mol. The van der Waals surface area contributed by atoms with Gasteiger partial charge in [0.25, 0.3) is 0 Å². The van der Waals surface area contributed by atoms with Crippen LogP contribution < -0.4 is 5.32 Å². The molecule has 3 aromatic heterocycles. The molecule has 0 aliphatic rings. The lowest BCUT2D eigenvalue weighted by atomic mass is 10.2. The van der Waals surface area contributed by atoms with E-state index in [2.05, 4.69) is 27.4 Å². The van der Waals surface area contributed by atoms with Crippen molar-refractivity contribution in [2.45, 2.75) is 26.1 Å². The van der Waals surface area contributed by atoms with E-state index in [1.54, 1.807) is 18.8 Å². The summed E-state index contributed by atoms with van der Waals surface area (Å²) in [4.78, 5) is 4.41. The molecule has 110 valence electrons. The molecule has 21 heavy (non-hydrogen) atoms. The first-order chi connectivity index (χ1) is 10.3. The summed E-state index contributed by atoms with van der Waals surface area (Å²) in [6.07, 6.45) is 7.10. The Labute approximate surface area is 122 Å². The highest BCUT2D eigenvalue weighted by Gasteiger charge is 2.21. The average Bonchev–Trinajstić information content (AvgIpc) is 3.21. The summed E-state index contributed by atoms with van der Waals surface area (Å²) in [5.74, 6) is 2.61. The fourth-order valence-corrected chi connectivity index (χ4v) is 2.30. The van der Waals surface area contributed by atoms with Crippen LogP contribution in [0.4, 0.5) is 0 Å². The van der Waals surface area contributed by atoms with Crippen molar-refractivity contribution in [3.8, 4) is 0 Å². The van der Waals surface area contributed by atoms with Gasteiger partial charge in [0.1, 0.15) is 29.8 Å². The molecule has 0 saturated carbocycles. The minimum absolute atomic E-state index is 0.123. The van der Waals surface area contributed by atoms with E-state index in [1.807, 2.05) is 34.5 Å². The highest BCUT2D eigenvalue weighted by atomic mass is 16.3. The molecule has 7 heteroatoms. The topological polar surface area (TPSA) is 73.7 Å². The van der Waals surface area contributed by atoms with Crippen molar-refractivity contribution in [3.63, 3.8) is 0 Å². The Bertz CT molecular complexity index is 684. The zero-order chi connectivity index (χ0) is 14.7. The van der Waals surface area contributed by atoms with Crippen LogP contribution in [-0.2, 0) is 20.1 Å². The van der Waals surface area contributed by atoms with E-state index in [4.69, 9.17) is 4.42 Å². The van der Waals surface area contributed by atoms with Crippen molar-refractivity contribution in [3.05, 3.63) is 54.5 Å². The number of nitrogens with zero attached hydrogens (tertiary/aromatic N) is 5. The molecule has 0 amide bonds. The van der Waals surface area contributed by atoms with Crippen LogP contribution in [-0.4, -0.2) is 24.3 Å². The number of nitrogens with one attached hydrogen (secondary N) is 1. The van der Waals surface area contributed by atoms with Gasteiger partial charge in [-0.15, -0.1) is 10.2 Å². The van der Waals surface area contributed by atoms with E-state index in [1.165, 1.54) is 0 Å². The minimum atomic E-state index is -0.123. The highest BCUT2D eigenvalue weighted by molar-refractivity contribution is 5.15. The van der Waals surface area contributed by atoms with E-state index in [-0.39, 0.29) is 6.04 Å². The average molecular weight is 286 g/mol. The summed E-state index contributed by atoms with van der Waals surface area (Å²) < 4.78 is 9.52. The van der Waals surface area contributed by atoms with Crippen molar-refractivity contribution in [1.29, 1.82) is 0 Å². The van der Waals surface area contributed by atoms with E-state index in [0.29, 0.717) is 6.54 Å². The monoisotopic (exact) mass is 286 g/mol. The molecule has 0 spiro atoms. The summed E-state index contributed by atoms with van der Waals surface area (Å²) in [5, 5.41) is 11.5. The van der Waals surface area contributed by atoms with Gasteiger partial charge in [0, 0.05) is 26.0 Å². The van der Waals surface area contributed by atoms with Crippen molar-refractivity contribution in [2.75, 3.05) is 0 Å². The SMILES string of the molecule is CCn1cnnc1CNC(c1ccco1)c1nccn1C. The zero-order valence-corrected chi connectivity index (χ0v) is 12.1. The first-order valence-electron chi connectivity index (χ1n) is 6.90. The van der Waals surface area contributed by atoms with Gasteiger partial charge < -0.3 is 13.6 Å². The first-order valence-corrected chi connectivity index (χ1v) is 6.90. The molecule has 0 bridgehead atoms. The van der Waals surface area contributed by atoms with Crippen molar-refractivity contribution in [1.82, 2.24) is 29.6 Å². The maximum Gasteiger partial charge on any atom is 0.146 e. The van der Waals surface area contributed by atoms with Crippen molar-refractivity contribution >= 4 is 0 Å². The van der Waals surface area contributed by atoms with Crippen LogP contribution in [0.25, 0.3) is 0 Å². The van der Waals surface area contributed by atoms with E-state index < -0.39 is 0 Å². The van der Waals surface area contributed by atoms with Crippen LogP contribution in [0.5, 0.6) is 0 Å². The Morgan fingerprint density at radius 1 is 1.43 bits per heavy atom. The van der Waals surface area contributed by atoms with Crippen LogP contribution in [0.1, 0.15) is 30.4 Å². The first kappa shape index (κ1) is 13.6. The summed E-state index contributed by atoms with van der Waals surface area (Å²) in [6, 6.07) is 3.69. The predicted octanol–water partition coefficient (Wildman–Crippen LogP) is 1.50. The van der Waals surface area contributed by atoms with Gasteiger partial charge in [0.05, 0.1) is 12.8 Å². The Morgan fingerprint density at radius 2 is 2.33 bits per heavy atom. The minimum Gasteiger partial charge on any atom is -0.467 e. The molecule has 1 unspecified atom stereocenters. The van der Waals surface area contributed by atoms with Gasteiger partial charge in [-0.1, -0.05) is 0 Å². The summed E-state index contributed by atoms with van der Waals surface area (Å²) in [5.41, 5.74) is 0. The highest BCUT2D eigenvalue weighted by Crippen LogP contribution is 2.21. The Morgan fingerprint density at radius 3 is 3.00 bits per heavy atom. The van der Waals surface area contributed by atoms with Gasteiger partial charge in [-0.3, -0.25) is 5.32 Å². The summed E-state index contributed by atoms with van der Waals surface area (Å²) >= 11 is 0. The van der Waals surface area contributed by atoms with Gasteiger partial charge in [-0.2, -0.15) is 0 Å². The Hall–Kier alpha value is -2.41. The standard InChI is InChI=1S/C14H18N6O/c1-3-20-10-17-18-12(20)9-16-13(11-5-4-8-21-11)14-15-6-7-19(14)2/h4-8,10,13,16H,3,9H2,1-2H3. The van der Waals surface area contributed by atoms with Crippen LogP contribution in [0.15, 0.2) is 41.5 Å². The molecule has 0 aromatic carbocycles. The van der Waals surface area contributed by atoms with Crippen LogP contribution in [0.2, 0.25) is 0 Å². The maximum absolute atomic E-state index is 5.54. The molecule has 3 heterocycles. The molecule has 0 aliphatic carbocycles. The number of aryl methyl sites for hydroxylation is 2. The molecule has 0 aliphatic heterocycles. The maximum atomic E-state index is 5.54. The summed E-state index contributed by atoms with van der Waals surface area (Å²) in [7, 11) is 1.97. The van der Waals surface area contributed by atoms with E-state index in [0.717, 1.165) is 24.0 Å². The number of hydrogen-bond donors (Lipinski definition) is 1. The third-order valence-electron chi connectivity index (χ3n) is 3.45. The Balaban J connectivity index is 1.82. The van der Waals surface area contributed by atoms with Crippen LogP contribution in [0, 0.1) is 0 Å². The second kappa shape index (κ2) is 5.92. The number of imidazole rings is 1. The van der Waals surface area contributed by atoms with Crippen molar-refractivity contribution < 1.29 is 4.42 Å². The molecule has 3 aromatic rings. The van der Waals surface area contributed by atoms with Gasteiger partial charge in [-0.25, -0.2) is 4.98 Å².